The molecule has 2 rings (SSSR count). The minimum atomic E-state index is -0.116. The highest BCUT2D eigenvalue weighted by Gasteiger charge is 2.38. The summed E-state index contributed by atoms with van der Waals surface area (Å²) in [7, 11) is 0. The number of nitrogens with zero attached hydrogens (tertiary/aromatic N) is 1. The molecule has 1 aliphatic rings. The smallest absolute Gasteiger partial charge is 0.0931 e. The molecule has 1 saturated carbocycles. The van der Waals surface area contributed by atoms with E-state index in [0.717, 1.165) is 29.5 Å². The standard InChI is InChI=1S/C13H16ClNS/c1-2-10-5-6-13(7-10,9-15)8-11-3-4-12(14)16-11/h3-4,10H,2,5-8H2,1H3. The summed E-state index contributed by atoms with van der Waals surface area (Å²) < 4.78 is 0.827. The largest absolute Gasteiger partial charge is 0.198 e. The molecule has 1 aromatic rings. The molecular weight excluding hydrogens is 238 g/mol. The van der Waals surface area contributed by atoms with Gasteiger partial charge in [-0.3, -0.25) is 0 Å². The second kappa shape index (κ2) is 4.77. The Kier molecular flexibility index (Phi) is 3.56. The van der Waals surface area contributed by atoms with Gasteiger partial charge in [0.05, 0.1) is 15.8 Å². The van der Waals surface area contributed by atoms with Crippen LogP contribution in [0.25, 0.3) is 0 Å². The minimum Gasteiger partial charge on any atom is -0.198 e. The van der Waals surface area contributed by atoms with Gasteiger partial charge in [0.15, 0.2) is 0 Å². The third-order valence-electron chi connectivity index (χ3n) is 3.67. The van der Waals surface area contributed by atoms with Crippen LogP contribution in [0.2, 0.25) is 4.34 Å². The number of nitriles is 1. The van der Waals surface area contributed by atoms with E-state index in [0.29, 0.717) is 0 Å². The van der Waals surface area contributed by atoms with Crippen LogP contribution in [0.3, 0.4) is 0 Å². The van der Waals surface area contributed by atoms with Crippen LogP contribution in [0, 0.1) is 22.7 Å². The Morgan fingerprint density at radius 2 is 2.44 bits per heavy atom. The van der Waals surface area contributed by atoms with Gasteiger partial charge in [-0.05, 0) is 37.3 Å². The van der Waals surface area contributed by atoms with Gasteiger partial charge in [-0.2, -0.15) is 5.26 Å². The lowest BCUT2D eigenvalue weighted by Crippen LogP contribution is -2.17. The molecule has 0 amide bonds. The van der Waals surface area contributed by atoms with E-state index in [9.17, 15) is 5.26 Å². The first kappa shape index (κ1) is 12.0. The monoisotopic (exact) mass is 253 g/mol. The predicted octanol–water partition coefficient (Wildman–Crippen LogP) is 4.66. The van der Waals surface area contributed by atoms with E-state index in [4.69, 9.17) is 11.6 Å². The van der Waals surface area contributed by atoms with Gasteiger partial charge in [0.25, 0.3) is 0 Å². The molecule has 0 bridgehead atoms. The van der Waals surface area contributed by atoms with Gasteiger partial charge in [-0.25, -0.2) is 0 Å². The molecule has 86 valence electrons. The van der Waals surface area contributed by atoms with Crippen LogP contribution in [-0.4, -0.2) is 0 Å². The molecule has 16 heavy (non-hydrogen) atoms. The quantitative estimate of drug-likeness (QED) is 0.768. The summed E-state index contributed by atoms with van der Waals surface area (Å²) in [6, 6.07) is 6.55. The van der Waals surface area contributed by atoms with Crippen molar-refractivity contribution < 1.29 is 0 Å². The second-order valence-electron chi connectivity index (χ2n) is 4.79. The molecule has 3 heteroatoms. The Morgan fingerprint density at radius 1 is 1.62 bits per heavy atom. The molecule has 0 radical (unpaired) electrons. The third-order valence-corrected chi connectivity index (χ3v) is 4.90. The zero-order valence-corrected chi connectivity index (χ0v) is 11.1. The first-order chi connectivity index (χ1) is 7.67. The summed E-state index contributed by atoms with van der Waals surface area (Å²) in [5, 5.41) is 9.42. The molecule has 1 fully saturated rings. The van der Waals surface area contributed by atoms with Gasteiger partial charge in [0, 0.05) is 11.3 Å². The number of hydrogen-bond acceptors (Lipinski definition) is 2. The van der Waals surface area contributed by atoms with Crippen molar-refractivity contribution >= 4 is 22.9 Å². The molecule has 0 saturated heterocycles. The summed E-state index contributed by atoms with van der Waals surface area (Å²) in [5.74, 6) is 0.745. The molecule has 1 heterocycles. The maximum absolute atomic E-state index is 9.42. The summed E-state index contributed by atoms with van der Waals surface area (Å²) >= 11 is 7.54. The van der Waals surface area contributed by atoms with Crippen LogP contribution >= 0.6 is 22.9 Å². The number of hydrogen-bond donors (Lipinski definition) is 0. The number of halogens is 1. The van der Waals surface area contributed by atoms with E-state index < -0.39 is 0 Å². The van der Waals surface area contributed by atoms with Crippen LogP contribution in [0.4, 0.5) is 0 Å². The van der Waals surface area contributed by atoms with Crippen LogP contribution in [0.1, 0.15) is 37.5 Å². The van der Waals surface area contributed by atoms with Gasteiger partial charge in [-0.15, -0.1) is 11.3 Å². The molecule has 2 unspecified atom stereocenters. The first-order valence-electron chi connectivity index (χ1n) is 5.83. The molecular formula is C13H16ClNS. The van der Waals surface area contributed by atoms with Gasteiger partial charge in [0.2, 0.25) is 0 Å². The first-order valence-corrected chi connectivity index (χ1v) is 7.02. The number of thiophene rings is 1. The van der Waals surface area contributed by atoms with Crippen molar-refractivity contribution in [1.82, 2.24) is 0 Å². The van der Waals surface area contributed by atoms with Crippen molar-refractivity contribution in [2.45, 2.75) is 39.0 Å². The molecule has 1 aliphatic carbocycles. The minimum absolute atomic E-state index is 0.116. The van der Waals surface area contributed by atoms with E-state index in [-0.39, 0.29) is 5.41 Å². The molecule has 0 aromatic carbocycles. The van der Waals surface area contributed by atoms with E-state index in [1.807, 2.05) is 6.07 Å². The fraction of sp³-hybridized carbons (Fsp3) is 0.615. The second-order valence-corrected chi connectivity index (χ2v) is 6.59. The van der Waals surface area contributed by atoms with Crippen molar-refractivity contribution in [3.63, 3.8) is 0 Å². The fourth-order valence-corrected chi connectivity index (χ4v) is 3.90. The predicted molar refractivity (Wildman–Crippen MR) is 68.7 cm³/mol. The van der Waals surface area contributed by atoms with Gasteiger partial charge >= 0.3 is 0 Å². The Hall–Kier alpha value is -0.520. The van der Waals surface area contributed by atoms with E-state index in [1.165, 1.54) is 17.7 Å². The number of rotatable bonds is 3. The van der Waals surface area contributed by atoms with E-state index in [1.54, 1.807) is 11.3 Å². The summed E-state index contributed by atoms with van der Waals surface area (Å²) in [4.78, 5) is 1.25. The third kappa shape index (κ3) is 2.42. The Labute approximate surface area is 106 Å². The van der Waals surface area contributed by atoms with Crippen molar-refractivity contribution in [2.24, 2.45) is 11.3 Å². The van der Waals surface area contributed by atoms with Crippen LogP contribution < -0.4 is 0 Å². The molecule has 0 N–H and O–H groups in total. The Balaban J connectivity index is 2.09. The topological polar surface area (TPSA) is 23.8 Å². The fourth-order valence-electron chi connectivity index (χ4n) is 2.67. The lowest BCUT2D eigenvalue weighted by atomic mass is 9.82. The van der Waals surface area contributed by atoms with E-state index in [2.05, 4.69) is 19.1 Å². The van der Waals surface area contributed by atoms with Crippen molar-refractivity contribution in [2.75, 3.05) is 0 Å². The van der Waals surface area contributed by atoms with Crippen molar-refractivity contribution in [1.29, 1.82) is 5.26 Å². The maximum Gasteiger partial charge on any atom is 0.0931 e. The zero-order valence-electron chi connectivity index (χ0n) is 9.50. The molecule has 1 nitrogen and oxygen atoms in total. The maximum atomic E-state index is 9.42. The van der Waals surface area contributed by atoms with Crippen molar-refractivity contribution in [3.8, 4) is 6.07 Å². The molecule has 0 aliphatic heterocycles. The zero-order chi connectivity index (χ0) is 11.6. The van der Waals surface area contributed by atoms with Gasteiger partial charge < -0.3 is 0 Å². The van der Waals surface area contributed by atoms with Crippen LogP contribution in [0.15, 0.2) is 12.1 Å². The van der Waals surface area contributed by atoms with Gasteiger partial charge in [-0.1, -0.05) is 24.9 Å². The van der Waals surface area contributed by atoms with Crippen molar-refractivity contribution in [3.05, 3.63) is 21.3 Å². The van der Waals surface area contributed by atoms with Gasteiger partial charge in [0.1, 0.15) is 0 Å². The molecule has 0 spiro atoms. The normalized spacial score (nSPS) is 29.2. The molecule has 2 atom stereocenters. The van der Waals surface area contributed by atoms with Crippen LogP contribution in [-0.2, 0) is 6.42 Å². The lowest BCUT2D eigenvalue weighted by Gasteiger charge is -2.19. The molecule has 1 aromatic heterocycles. The average molecular weight is 254 g/mol. The highest BCUT2D eigenvalue weighted by molar-refractivity contribution is 7.16. The highest BCUT2D eigenvalue weighted by atomic mass is 35.5. The summed E-state index contributed by atoms with van der Waals surface area (Å²) in [6.45, 7) is 2.22. The highest BCUT2D eigenvalue weighted by Crippen LogP contribution is 2.45. The average Bonchev–Trinajstić information content (AvgIpc) is 2.87. The van der Waals surface area contributed by atoms with Crippen LogP contribution in [0.5, 0.6) is 0 Å². The SMILES string of the molecule is CCC1CCC(C#N)(Cc2ccc(Cl)s2)C1. The Morgan fingerprint density at radius 3 is 2.94 bits per heavy atom. The van der Waals surface area contributed by atoms with E-state index >= 15 is 0 Å². The summed E-state index contributed by atoms with van der Waals surface area (Å²) in [6.07, 6.45) is 5.42. The lowest BCUT2D eigenvalue weighted by molar-refractivity contribution is 0.383. The summed E-state index contributed by atoms with van der Waals surface area (Å²) in [5.41, 5.74) is -0.116. The Bertz CT molecular complexity index is 406.